The molecular formula is C21H23NO3S. The Morgan fingerprint density at radius 2 is 1.73 bits per heavy atom. The van der Waals surface area contributed by atoms with E-state index in [4.69, 9.17) is 0 Å². The molecule has 1 atom stereocenters. The predicted molar refractivity (Wildman–Crippen MR) is 105 cm³/mol. The maximum absolute atomic E-state index is 13.0. The topological polar surface area (TPSA) is 54.5 Å². The van der Waals surface area contributed by atoms with Crippen molar-refractivity contribution in [2.24, 2.45) is 0 Å². The van der Waals surface area contributed by atoms with Crippen LogP contribution in [-0.4, -0.2) is 26.1 Å². The molecule has 0 saturated heterocycles. The van der Waals surface area contributed by atoms with Crippen LogP contribution in [0.1, 0.15) is 23.1 Å². The highest BCUT2D eigenvalue weighted by molar-refractivity contribution is 7.94. The van der Waals surface area contributed by atoms with Gasteiger partial charge in [0.1, 0.15) is 0 Å². The lowest BCUT2D eigenvalue weighted by molar-refractivity contribution is -0.118. The second-order valence-corrected chi connectivity index (χ2v) is 8.75. The van der Waals surface area contributed by atoms with E-state index in [1.165, 1.54) is 5.41 Å². The summed E-state index contributed by atoms with van der Waals surface area (Å²) >= 11 is 0. The second-order valence-electron chi connectivity index (χ2n) is 6.82. The maximum atomic E-state index is 13.0. The fourth-order valence-corrected chi connectivity index (χ4v) is 4.61. The number of hydrogen-bond acceptors (Lipinski definition) is 3. The summed E-state index contributed by atoms with van der Waals surface area (Å²) in [5.41, 5.74) is 3.94. The number of nitrogens with zero attached hydrogens (tertiary/aromatic N) is 1. The Balaban J connectivity index is 1.87. The van der Waals surface area contributed by atoms with Crippen LogP contribution in [0.3, 0.4) is 0 Å². The predicted octanol–water partition coefficient (Wildman–Crippen LogP) is 3.58. The number of anilines is 1. The SMILES string of the molecule is Cc1cc(C)cc(N(C(=O)CCc2ccccc2)[C@@H]2C=CS(=O)(=O)C2)c1. The second kappa shape index (κ2) is 7.46. The van der Waals surface area contributed by atoms with Crippen LogP contribution in [0.5, 0.6) is 0 Å². The van der Waals surface area contributed by atoms with E-state index in [0.717, 1.165) is 22.4 Å². The molecule has 2 aromatic rings. The monoisotopic (exact) mass is 369 g/mol. The summed E-state index contributed by atoms with van der Waals surface area (Å²) in [6.45, 7) is 3.95. The van der Waals surface area contributed by atoms with Crippen molar-refractivity contribution >= 4 is 21.4 Å². The van der Waals surface area contributed by atoms with Crippen molar-refractivity contribution in [1.29, 1.82) is 0 Å². The average molecular weight is 369 g/mol. The largest absolute Gasteiger partial charge is 0.304 e. The number of sulfone groups is 1. The fraction of sp³-hybridized carbons (Fsp3) is 0.286. The van der Waals surface area contributed by atoms with Crippen molar-refractivity contribution in [2.45, 2.75) is 32.7 Å². The van der Waals surface area contributed by atoms with Gasteiger partial charge in [-0.05, 0) is 55.2 Å². The first kappa shape index (κ1) is 18.4. The summed E-state index contributed by atoms with van der Waals surface area (Å²) in [6, 6.07) is 15.3. The highest BCUT2D eigenvalue weighted by atomic mass is 32.2. The zero-order valence-electron chi connectivity index (χ0n) is 15.1. The zero-order valence-corrected chi connectivity index (χ0v) is 15.9. The molecule has 0 aromatic heterocycles. The van der Waals surface area contributed by atoms with Gasteiger partial charge in [0, 0.05) is 17.5 Å². The quantitative estimate of drug-likeness (QED) is 0.809. The van der Waals surface area contributed by atoms with Crippen molar-refractivity contribution in [3.05, 3.63) is 76.7 Å². The summed E-state index contributed by atoms with van der Waals surface area (Å²) in [6.07, 6.45) is 2.58. The van der Waals surface area contributed by atoms with Crippen molar-refractivity contribution in [3.63, 3.8) is 0 Å². The Bertz CT molecular complexity index is 913. The van der Waals surface area contributed by atoms with Crippen LogP contribution in [0.25, 0.3) is 0 Å². The van der Waals surface area contributed by atoms with Crippen molar-refractivity contribution in [1.82, 2.24) is 0 Å². The van der Waals surface area contributed by atoms with Gasteiger partial charge in [-0.3, -0.25) is 4.79 Å². The van der Waals surface area contributed by atoms with Gasteiger partial charge in [0.25, 0.3) is 0 Å². The van der Waals surface area contributed by atoms with Crippen LogP contribution < -0.4 is 4.90 Å². The van der Waals surface area contributed by atoms with Gasteiger partial charge < -0.3 is 4.90 Å². The Labute approximate surface area is 155 Å². The van der Waals surface area contributed by atoms with E-state index in [0.29, 0.717) is 12.8 Å². The fourth-order valence-electron chi connectivity index (χ4n) is 3.35. The van der Waals surface area contributed by atoms with Crippen LogP contribution in [-0.2, 0) is 21.1 Å². The van der Waals surface area contributed by atoms with Gasteiger partial charge >= 0.3 is 0 Å². The van der Waals surface area contributed by atoms with E-state index in [2.05, 4.69) is 0 Å². The molecule has 0 bridgehead atoms. The number of carbonyl (C=O) groups is 1. The Kier molecular flexibility index (Phi) is 5.28. The Hall–Kier alpha value is -2.40. The molecule has 4 nitrogen and oxygen atoms in total. The van der Waals surface area contributed by atoms with Gasteiger partial charge in [-0.25, -0.2) is 8.42 Å². The summed E-state index contributed by atoms with van der Waals surface area (Å²) in [4.78, 5) is 14.7. The summed E-state index contributed by atoms with van der Waals surface area (Å²) in [7, 11) is -3.24. The molecule has 1 aliphatic heterocycles. The lowest BCUT2D eigenvalue weighted by Gasteiger charge is -2.28. The minimum absolute atomic E-state index is 0.0585. The van der Waals surface area contributed by atoms with Crippen LogP contribution in [0.4, 0.5) is 5.69 Å². The van der Waals surface area contributed by atoms with E-state index in [-0.39, 0.29) is 11.7 Å². The van der Waals surface area contributed by atoms with Crippen LogP contribution in [0.15, 0.2) is 60.0 Å². The summed E-state index contributed by atoms with van der Waals surface area (Å²) in [5.74, 6) is -0.123. The van der Waals surface area contributed by atoms with Crippen LogP contribution in [0.2, 0.25) is 0 Å². The van der Waals surface area contributed by atoms with E-state index >= 15 is 0 Å². The number of carbonyl (C=O) groups excluding carboxylic acids is 1. The van der Waals surface area contributed by atoms with Gasteiger partial charge in [-0.2, -0.15) is 0 Å². The molecule has 26 heavy (non-hydrogen) atoms. The van der Waals surface area contributed by atoms with Crippen molar-refractivity contribution in [2.75, 3.05) is 10.7 Å². The standard InChI is InChI=1S/C21H23NO3S/c1-16-12-17(2)14-20(13-16)22(19-10-11-26(24,25)15-19)21(23)9-8-18-6-4-3-5-7-18/h3-7,10-14,19H,8-9,15H2,1-2H3/t19-/m1/s1. The van der Waals surface area contributed by atoms with Gasteiger partial charge in [0.15, 0.2) is 9.84 Å². The van der Waals surface area contributed by atoms with E-state index < -0.39 is 15.9 Å². The third-order valence-corrected chi connectivity index (χ3v) is 5.84. The molecule has 0 aliphatic carbocycles. The molecule has 136 valence electrons. The summed E-state index contributed by atoms with van der Waals surface area (Å²) < 4.78 is 23.8. The molecule has 1 aliphatic rings. The number of aryl methyl sites for hydroxylation is 3. The molecule has 3 rings (SSSR count). The molecule has 0 N–H and O–H groups in total. The lowest BCUT2D eigenvalue weighted by Crippen LogP contribution is -2.41. The lowest BCUT2D eigenvalue weighted by atomic mass is 10.1. The van der Waals surface area contributed by atoms with E-state index in [1.807, 2.05) is 62.4 Å². The minimum Gasteiger partial charge on any atom is -0.304 e. The molecule has 0 unspecified atom stereocenters. The van der Waals surface area contributed by atoms with Crippen LogP contribution in [0, 0.1) is 13.8 Å². The molecule has 5 heteroatoms. The highest BCUT2D eigenvalue weighted by Crippen LogP contribution is 2.26. The average Bonchev–Trinajstić information content (AvgIpc) is 2.93. The number of benzene rings is 2. The first-order valence-corrected chi connectivity index (χ1v) is 10.4. The minimum atomic E-state index is -3.24. The molecule has 2 aromatic carbocycles. The van der Waals surface area contributed by atoms with Gasteiger partial charge in [0.2, 0.25) is 5.91 Å². The molecule has 1 amide bonds. The van der Waals surface area contributed by atoms with Crippen molar-refractivity contribution in [3.8, 4) is 0 Å². The third kappa shape index (κ3) is 4.41. The first-order valence-electron chi connectivity index (χ1n) is 8.69. The van der Waals surface area contributed by atoms with Crippen LogP contribution >= 0.6 is 0 Å². The maximum Gasteiger partial charge on any atom is 0.227 e. The molecule has 0 fully saturated rings. The number of hydrogen-bond donors (Lipinski definition) is 0. The van der Waals surface area contributed by atoms with Gasteiger partial charge in [0.05, 0.1) is 11.8 Å². The van der Waals surface area contributed by atoms with E-state index in [1.54, 1.807) is 11.0 Å². The molecule has 0 spiro atoms. The smallest absolute Gasteiger partial charge is 0.227 e. The molecule has 1 heterocycles. The first-order chi connectivity index (χ1) is 12.3. The third-order valence-electron chi connectivity index (χ3n) is 4.47. The highest BCUT2D eigenvalue weighted by Gasteiger charge is 2.31. The Morgan fingerprint density at radius 1 is 1.08 bits per heavy atom. The summed E-state index contributed by atoms with van der Waals surface area (Å²) in [5, 5.41) is 1.22. The number of rotatable bonds is 5. The number of amides is 1. The molecule has 0 radical (unpaired) electrons. The zero-order chi connectivity index (χ0) is 18.7. The Morgan fingerprint density at radius 3 is 2.31 bits per heavy atom. The van der Waals surface area contributed by atoms with E-state index in [9.17, 15) is 13.2 Å². The molecule has 0 saturated carbocycles. The van der Waals surface area contributed by atoms with Crippen molar-refractivity contribution < 1.29 is 13.2 Å². The molecular weight excluding hydrogens is 346 g/mol. The normalized spacial score (nSPS) is 18.0. The van der Waals surface area contributed by atoms with Gasteiger partial charge in [-0.1, -0.05) is 36.4 Å². The van der Waals surface area contributed by atoms with Gasteiger partial charge in [-0.15, -0.1) is 0 Å².